The van der Waals surface area contributed by atoms with E-state index in [9.17, 15) is 9.59 Å². The van der Waals surface area contributed by atoms with E-state index in [-0.39, 0.29) is 17.9 Å². The lowest BCUT2D eigenvalue weighted by atomic mass is 9.68. The maximum atomic E-state index is 13.3. The van der Waals surface area contributed by atoms with Crippen LogP contribution < -0.4 is 5.32 Å². The van der Waals surface area contributed by atoms with Crippen LogP contribution in [0.5, 0.6) is 0 Å². The highest BCUT2D eigenvalue weighted by Gasteiger charge is 2.48. The van der Waals surface area contributed by atoms with Crippen LogP contribution in [0.25, 0.3) is 10.9 Å². The predicted octanol–water partition coefficient (Wildman–Crippen LogP) is 3.01. The smallest absolute Gasteiger partial charge is 0.245 e. The van der Waals surface area contributed by atoms with Crippen LogP contribution in [0, 0.1) is 5.41 Å². The molecule has 1 saturated carbocycles. The molecule has 26 heavy (non-hydrogen) atoms. The number of aromatic nitrogens is 1. The second-order valence-corrected chi connectivity index (χ2v) is 8.19. The number of likely N-dealkylation sites (tertiary alicyclic amines) is 1. The van der Waals surface area contributed by atoms with Crippen LogP contribution in [0.2, 0.25) is 0 Å². The Bertz CT molecular complexity index is 837. The highest BCUT2D eigenvalue weighted by atomic mass is 16.2. The van der Waals surface area contributed by atoms with Gasteiger partial charge in [-0.2, -0.15) is 0 Å². The van der Waals surface area contributed by atoms with Crippen molar-refractivity contribution in [2.45, 2.75) is 58.0 Å². The van der Waals surface area contributed by atoms with E-state index in [4.69, 9.17) is 0 Å². The summed E-state index contributed by atoms with van der Waals surface area (Å²) in [6.07, 6.45) is 7.30. The summed E-state index contributed by atoms with van der Waals surface area (Å²) in [5.41, 5.74) is 2.47. The van der Waals surface area contributed by atoms with Gasteiger partial charge in [-0.15, -0.1) is 0 Å². The van der Waals surface area contributed by atoms with Crippen LogP contribution in [-0.2, 0) is 16.0 Å². The minimum atomic E-state index is -0.510. The Balaban J connectivity index is 1.56. The third kappa shape index (κ3) is 3.00. The maximum absolute atomic E-state index is 13.3. The fourth-order valence-electron chi connectivity index (χ4n) is 4.82. The summed E-state index contributed by atoms with van der Waals surface area (Å²) in [6, 6.07) is 7.81. The molecule has 2 aromatic rings. The van der Waals surface area contributed by atoms with Crippen molar-refractivity contribution >= 4 is 22.7 Å². The van der Waals surface area contributed by atoms with Crippen molar-refractivity contribution in [3.05, 3.63) is 36.0 Å². The minimum absolute atomic E-state index is 0.0572. The van der Waals surface area contributed by atoms with Crippen molar-refractivity contribution in [2.75, 3.05) is 6.54 Å². The second kappa shape index (κ2) is 6.45. The third-order valence-electron chi connectivity index (χ3n) is 6.24. The first kappa shape index (κ1) is 17.1. The number of nitrogens with zero attached hydrogens (tertiary/aromatic N) is 1. The molecule has 0 bridgehead atoms. The zero-order chi connectivity index (χ0) is 18.3. The summed E-state index contributed by atoms with van der Waals surface area (Å²) in [5, 5.41) is 4.01. The number of carbonyl (C=O) groups is 2. The monoisotopic (exact) mass is 353 g/mol. The number of hydrogen-bond acceptors (Lipinski definition) is 2. The first-order valence-corrected chi connectivity index (χ1v) is 9.60. The Morgan fingerprint density at radius 3 is 2.77 bits per heavy atom. The van der Waals surface area contributed by atoms with E-state index in [1.54, 1.807) is 0 Å². The number of carbonyl (C=O) groups excluding carboxylic acids is 2. The normalized spacial score (nSPS) is 22.4. The Morgan fingerprint density at radius 1 is 1.35 bits per heavy atom. The highest BCUT2D eigenvalue weighted by molar-refractivity contribution is 5.89. The highest BCUT2D eigenvalue weighted by Crippen LogP contribution is 2.50. The van der Waals surface area contributed by atoms with E-state index in [0.29, 0.717) is 11.8 Å². The van der Waals surface area contributed by atoms with E-state index < -0.39 is 6.04 Å². The van der Waals surface area contributed by atoms with Crippen molar-refractivity contribution in [1.82, 2.24) is 15.2 Å². The average Bonchev–Trinajstić information content (AvgIpc) is 3.15. The summed E-state index contributed by atoms with van der Waals surface area (Å²) in [5.74, 6) is -0.102. The molecule has 5 heteroatoms. The van der Waals surface area contributed by atoms with Crippen molar-refractivity contribution in [3.63, 3.8) is 0 Å². The second-order valence-electron chi connectivity index (χ2n) is 8.19. The van der Waals surface area contributed by atoms with E-state index in [2.05, 4.69) is 23.3 Å². The molecule has 2 N–H and O–H groups in total. The average molecular weight is 353 g/mol. The Hall–Kier alpha value is -2.30. The predicted molar refractivity (Wildman–Crippen MR) is 102 cm³/mol. The van der Waals surface area contributed by atoms with Crippen molar-refractivity contribution in [2.24, 2.45) is 5.41 Å². The Morgan fingerprint density at radius 2 is 2.12 bits per heavy atom. The molecule has 1 aromatic heterocycles. The summed E-state index contributed by atoms with van der Waals surface area (Å²) in [4.78, 5) is 30.3. The molecular weight excluding hydrogens is 326 g/mol. The lowest BCUT2D eigenvalue weighted by Crippen LogP contribution is -2.50. The number of fused-ring (bicyclic) bond motifs is 1. The van der Waals surface area contributed by atoms with Crippen LogP contribution in [0.1, 0.15) is 45.1 Å². The molecule has 2 aliphatic rings. The number of para-hydroxylation sites is 1. The number of benzene rings is 1. The molecule has 1 aliphatic carbocycles. The first-order chi connectivity index (χ1) is 12.5. The number of hydrogen-bond donors (Lipinski definition) is 2. The Labute approximate surface area is 154 Å². The Kier molecular flexibility index (Phi) is 4.25. The standard InChI is InChI=1S/C21H27N3O2/c1-14-11-21(8-5-9-21)13-24(14)20(26)19(23-15(2)25)10-16-12-22-18-7-4-3-6-17(16)18/h3-4,6-7,12,14,19,22H,5,8-11,13H2,1-2H3,(H,23,25)/t14-,19?/m1/s1. The topological polar surface area (TPSA) is 65.2 Å². The van der Waals surface area contributed by atoms with Gasteiger partial charge in [0.05, 0.1) is 0 Å². The van der Waals surface area contributed by atoms with Gasteiger partial charge in [-0.05, 0) is 43.2 Å². The lowest BCUT2D eigenvalue weighted by Gasteiger charge is -2.38. The van der Waals surface area contributed by atoms with Crippen LogP contribution in [0.3, 0.4) is 0 Å². The lowest BCUT2D eigenvalue weighted by molar-refractivity contribution is -0.137. The molecule has 138 valence electrons. The van der Waals surface area contributed by atoms with Crippen molar-refractivity contribution in [1.29, 1.82) is 0 Å². The molecular formula is C21H27N3O2. The summed E-state index contributed by atoms with van der Waals surface area (Å²) in [6.45, 7) is 4.47. The molecule has 2 atom stereocenters. The largest absolute Gasteiger partial charge is 0.361 e. The van der Waals surface area contributed by atoms with Gasteiger partial charge in [0, 0.05) is 43.0 Å². The quantitative estimate of drug-likeness (QED) is 0.887. The van der Waals surface area contributed by atoms with Crippen LogP contribution in [0.15, 0.2) is 30.5 Å². The van der Waals surface area contributed by atoms with Gasteiger partial charge in [-0.25, -0.2) is 0 Å². The van der Waals surface area contributed by atoms with Crippen LogP contribution in [-0.4, -0.2) is 40.3 Å². The third-order valence-corrected chi connectivity index (χ3v) is 6.24. The molecule has 1 aliphatic heterocycles. The molecule has 1 saturated heterocycles. The van der Waals surface area contributed by atoms with Gasteiger partial charge in [0.2, 0.25) is 11.8 Å². The number of nitrogens with one attached hydrogen (secondary N) is 2. The molecule has 4 rings (SSSR count). The van der Waals surface area contributed by atoms with E-state index in [1.807, 2.05) is 29.3 Å². The van der Waals surface area contributed by atoms with Gasteiger partial charge in [-0.3, -0.25) is 9.59 Å². The van der Waals surface area contributed by atoms with Gasteiger partial charge in [0.1, 0.15) is 6.04 Å². The number of rotatable bonds is 4. The van der Waals surface area contributed by atoms with E-state index >= 15 is 0 Å². The van der Waals surface area contributed by atoms with Crippen LogP contribution >= 0.6 is 0 Å². The molecule has 2 amide bonds. The molecule has 2 fully saturated rings. The fraction of sp³-hybridized carbons (Fsp3) is 0.524. The molecule has 0 radical (unpaired) electrons. The summed E-state index contributed by atoms with van der Waals surface area (Å²) < 4.78 is 0. The number of aromatic amines is 1. The zero-order valence-corrected chi connectivity index (χ0v) is 15.5. The molecule has 1 aromatic carbocycles. The fourth-order valence-corrected chi connectivity index (χ4v) is 4.82. The number of H-pyrrole nitrogens is 1. The maximum Gasteiger partial charge on any atom is 0.245 e. The molecule has 1 spiro atoms. The molecule has 5 nitrogen and oxygen atoms in total. The van der Waals surface area contributed by atoms with E-state index in [1.165, 1.54) is 26.2 Å². The summed E-state index contributed by atoms with van der Waals surface area (Å²) in [7, 11) is 0. The first-order valence-electron chi connectivity index (χ1n) is 9.60. The van der Waals surface area contributed by atoms with Gasteiger partial charge < -0.3 is 15.2 Å². The SMILES string of the molecule is CC(=O)NC(Cc1c[nH]c2ccccc12)C(=O)N1CC2(CCC2)C[C@H]1C. The number of amides is 2. The molecule has 2 heterocycles. The van der Waals surface area contributed by atoms with E-state index in [0.717, 1.165) is 29.4 Å². The molecule has 1 unspecified atom stereocenters. The zero-order valence-electron chi connectivity index (χ0n) is 15.5. The van der Waals surface area contributed by atoms with Gasteiger partial charge in [-0.1, -0.05) is 24.6 Å². The summed E-state index contributed by atoms with van der Waals surface area (Å²) >= 11 is 0. The van der Waals surface area contributed by atoms with Crippen molar-refractivity contribution < 1.29 is 9.59 Å². The van der Waals surface area contributed by atoms with Gasteiger partial charge in [0.15, 0.2) is 0 Å². The minimum Gasteiger partial charge on any atom is -0.361 e. The van der Waals surface area contributed by atoms with Crippen molar-refractivity contribution in [3.8, 4) is 0 Å². The van der Waals surface area contributed by atoms with Gasteiger partial charge in [0.25, 0.3) is 0 Å². The van der Waals surface area contributed by atoms with Crippen LogP contribution in [0.4, 0.5) is 0 Å². The van der Waals surface area contributed by atoms with Gasteiger partial charge >= 0.3 is 0 Å².